The molecule has 1 amide bonds. The SMILES string of the molecule is Cc1cc(NCc2cnc(Cl)s2)ccc1N1CCCC1=O. The zero-order chi connectivity index (χ0) is 14.8. The van der Waals surface area contributed by atoms with Crippen LogP contribution in [-0.2, 0) is 11.3 Å². The van der Waals surface area contributed by atoms with Gasteiger partial charge in [0.05, 0.1) is 6.54 Å². The highest BCUT2D eigenvalue weighted by molar-refractivity contribution is 7.15. The Morgan fingerprint density at radius 2 is 2.33 bits per heavy atom. The summed E-state index contributed by atoms with van der Waals surface area (Å²) in [4.78, 5) is 18.8. The maximum atomic E-state index is 11.8. The van der Waals surface area contributed by atoms with Gasteiger partial charge < -0.3 is 10.2 Å². The van der Waals surface area contributed by atoms with Crippen LogP contribution in [0, 0.1) is 6.92 Å². The lowest BCUT2D eigenvalue weighted by Crippen LogP contribution is -2.24. The number of aromatic nitrogens is 1. The number of nitrogens with one attached hydrogen (secondary N) is 1. The Labute approximate surface area is 132 Å². The molecule has 21 heavy (non-hydrogen) atoms. The highest BCUT2D eigenvalue weighted by Crippen LogP contribution is 2.28. The van der Waals surface area contributed by atoms with Crippen molar-refractivity contribution in [1.82, 2.24) is 4.98 Å². The molecule has 6 heteroatoms. The highest BCUT2D eigenvalue weighted by atomic mass is 35.5. The van der Waals surface area contributed by atoms with Crippen LogP contribution < -0.4 is 10.2 Å². The maximum absolute atomic E-state index is 11.8. The zero-order valence-corrected chi connectivity index (χ0v) is 13.3. The lowest BCUT2D eigenvalue weighted by Gasteiger charge is -2.19. The van der Waals surface area contributed by atoms with Gasteiger partial charge in [-0.15, -0.1) is 11.3 Å². The van der Waals surface area contributed by atoms with E-state index >= 15 is 0 Å². The molecule has 2 heterocycles. The summed E-state index contributed by atoms with van der Waals surface area (Å²) in [5, 5.41) is 3.35. The van der Waals surface area contributed by atoms with Gasteiger partial charge in [-0.05, 0) is 37.1 Å². The van der Waals surface area contributed by atoms with Crippen LogP contribution in [0.3, 0.4) is 0 Å². The van der Waals surface area contributed by atoms with Crippen LogP contribution in [0.25, 0.3) is 0 Å². The molecular weight excluding hydrogens is 306 g/mol. The molecule has 1 aliphatic heterocycles. The lowest BCUT2D eigenvalue weighted by molar-refractivity contribution is -0.117. The Kier molecular flexibility index (Phi) is 4.12. The number of carbonyl (C=O) groups is 1. The zero-order valence-electron chi connectivity index (χ0n) is 11.7. The number of carbonyl (C=O) groups excluding carboxylic acids is 1. The number of hydrogen-bond donors (Lipinski definition) is 1. The molecule has 1 saturated heterocycles. The molecule has 1 N–H and O–H groups in total. The van der Waals surface area contributed by atoms with Crippen molar-refractivity contribution in [2.45, 2.75) is 26.3 Å². The molecule has 1 aliphatic rings. The van der Waals surface area contributed by atoms with Gasteiger partial charge in [0.2, 0.25) is 5.91 Å². The third-order valence-corrected chi connectivity index (χ3v) is 4.67. The predicted octanol–water partition coefficient (Wildman–Crippen LogP) is 3.84. The number of anilines is 2. The van der Waals surface area contributed by atoms with Crippen molar-refractivity contribution in [2.75, 3.05) is 16.8 Å². The van der Waals surface area contributed by atoms with Crippen LogP contribution in [-0.4, -0.2) is 17.4 Å². The molecule has 0 bridgehead atoms. The highest BCUT2D eigenvalue weighted by Gasteiger charge is 2.22. The predicted molar refractivity (Wildman–Crippen MR) is 87.2 cm³/mol. The molecule has 0 spiro atoms. The number of halogens is 1. The molecule has 1 aromatic heterocycles. The van der Waals surface area contributed by atoms with Crippen molar-refractivity contribution < 1.29 is 4.79 Å². The van der Waals surface area contributed by atoms with Gasteiger partial charge >= 0.3 is 0 Å². The molecule has 2 aromatic rings. The number of nitrogens with zero attached hydrogens (tertiary/aromatic N) is 2. The maximum Gasteiger partial charge on any atom is 0.227 e. The fourth-order valence-electron chi connectivity index (χ4n) is 2.53. The summed E-state index contributed by atoms with van der Waals surface area (Å²) in [5.74, 6) is 0.220. The van der Waals surface area contributed by atoms with Gasteiger partial charge in [0, 0.05) is 35.4 Å². The van der Waals surface area contributed by atoms with Gasteiger partial charge in [-0.25, -0.2) is 4.98 Å². The molecule has 110 valence electrons. The van der Waals surface area contributed by atoms with E-state index in [1.54, 1.807) is 6.20 Å². The van der Waals surface area contributed by atoms with Crippen LogP contribution in [0.4, 0.5) is 11.4 Å². The van der Waals surface area contributed by atoms with E-state index in [9.17, 15) is 4.79 Å². The minimum absolute atomic E-state index is 0.220. The fraction of sp³-hybridized carbons (Fsp3) is 0.333. The molecule has 0 atom stereocenters. The normalized spacial score (nSPS) is 14.8. The van der Waals surface area contributed by atoms with E-state index in [1.807, 2.05) is 24.0 Å². The summed E-state index contributed by atoms with van der Waals surface area (Å²) >= 11 is 7.29. The van der Waals surface area contributed by atoms with Crippen LogP contribution in [0.5, 0.6) is 0 Å². The van der Waals surface area contributed by atoms with E-state index in [0.717, 1.165) is 34.8 Å². The summed E-state index contributed by atoms with van der Waals surface area (Å²) in [7, 11) is 0. The lowest BCUT2D eigenvalue weighted by atomic mass is 10.1. The van der Waals surface area contributed by atoms with E-state index < -0.39 is 0 Å². The first kappa shape index (κ1) is 14.4. The topological polar surface area (TPSA) is 45.2 Å². The molecule has 1 fully saturated rings. The van der Waals surface area contributed by atoms with E-state index in [1.165, 1.54) is 11.3 Å². The van der Waals surface area contributed by atoms with Crippen LogP contribution in [0.15, 0.2) is 24.4 Å². The van der Waals surface area contributed by atoms with Gasteiger partial charge in [0.25, 0.3) is 0 Å². The standard InChI is InChI=1S/C15H16ClN3OS/c1-10-7-11(17-8-12-9-18-15(16)21-12)4-5-13(10)19-6-2-3-14(19)20/h4-5,7,9,17H,2-3,6,8H2,1H3. The smallest absolute Gasteiger partial charge is 0.227 e. The Bertz CT molecular complexity index is 671. The Hall–Kier alpha value is -1.59. The Morgan fingerprint density at radius 1 is 1.48 bits per heavy atom. The first-order valence-corrected chi connectivity index (χ1v) is 8.08. The van der Waals surface area contributed by atoms with Crippen LogP contribution in [0.2, 0.25) is 4.47 Å². The van der Waals surface area contributed by atoms with Crippen molar-refractivity contribution in [3.8, 4) is 0 Å². The van der Waals surface area contributed by atoms with Gasteiger partial charge in [0.15, 0.2) is 4.47 Å². The number of amides is 1. The first-order chi connectivity index (χ1) is 10.1. The van der Waals surface area contributed by atoms with Crippen molar-refractivity contribution in [2.24, 2.45) is 0 Å². The van der Waals surface area contributed by atoms with Gasteiger partial charge in [-0.1, -0.05) is 11.6 Å². The van der Waals surface area contributed by atoms with Gasteiger partial charge in [0.1, 0.15) is 0 Å². The second kappa shape index (κ2) is 6.03. The summed E-state index contributed by atoms with van der Waals surface area (Å²) in [6.07, 6.45) is 3.39. The summed E-state index contributed by atoms with van der Waals surface area (Å²) in [6, 6.07) is 6.10. The minimum atomic E-state index is 0.220. The largest absolute Gasteiger partial charge is 0.380 e. The van der Waals surface area contributed by atoms with Crippen LogP contribution >= 0.6 is 22.9 Å². The first-order valence-electron chi connectivity index (χ1n) is 6.88. The quantitative estimate of drug-likeness (QED) is 0.930. The minimum Gasteiger partial charge on any atom is -0.380 e. The number of benzene rings is 1. The molecular formula is C15H16ClN3OS. The van der Waals surface area contributed by atoms with E-state index in [-0.39, 0.29) is 5.91 Å². The fourth-order valence-corrected chi connectivity index (χ4v) is 3.44. The van der Waals surface area contributed by atoms with Crippen molar-refractivity contribution in [3.63, 3.8) is 0 Å². The monoisotopic (exact) mass is 321 g/mol. The average molecular weight is 322 g/mol. The summed E-state index contributed by atoms with van der Waals surface area (Å²) < 4.78 is 0.561. The molecule has 0 unspecified atom stereocenters. The molecule has 0 radical (unpaired) electrons. The van der Waals surface area contributed by atoms with E-state index in [4.69, 9.17) is 11.6 Å². The van der Waals surface area contributed by atoms with Crippen molar-refractivity contribution >= 4 is 40.2 Å². The number of hydrogen-bond acceptors (Lipinski definition) is 4. The second-order valence-electron chi connectivity index (χ2n) is 5.08. The summed E-state index contributed by atoms with van der Waals surface area (Å²) in [6.45, 7) is 3.56. The molecule has 0 saturated carbocycles. The second-order valence-corrected chi connectivity index (χ2v) is 6.78. The number of aryl methyl sites for hydroxylation is 1. The molecule has 3 rings (SSSR count). The van der Waals surface area contributed by atoms with E-state index in [2.05, 4.69) is 16.4 Å². The van der Waals surface area contributed by atoms with Crippen molar-refractivity contribution in [1.29, 1.82) is 0 Å². The van der Waals surface area contributed by atoms with Gasteiger partial charge in [-0.3, -0.25) is 4.79 Å². The molecule has 0 aliphatic carbocycles. The van der Waals surface area contributed by atoms with E-state index in [0.29, 0.717) is 17.4 Å². The third-order valence-electron chi connectivity index (χ3n) is 3.55. The third kappa shape index (κ3) is 3.19. The molecule has 4 nitrogen and oxygen atoms in total. The Balaban J connectivity index is 1.70. The van der Waals surface area contributed by atoms with Crippen LogP contribution in [0.1, 0.15) is 23.3 Å². The molecule has 1 aromatic carbocycles. The Morgan fingerprint density at radius 3 is 2.95 bits per heavy atom. The number of rotatable bonds is 4. The summed E-state index contributed by atoms with van der Waals surface area (Å²) in [5.41, 5.74) is 3.16. The van der Waals surface area contributed by atoms with Gasteiger partial charge in [-0.2, -0.15) is 0 Å². The number of thiazole rings is 1. The van der Waals surface area contributed by atoms with Crippen molar-refractivity contribution in [3.05, 3.63) is 39.3 Å². The average Bonchev–Trinajstić information content (AvgIpc) is 3.06.